The number of hydrogen-bond acceptors (Lipinski definition) is 4. The molecule has 1 atom stereocenters. The van der Waals surface area contributed by atoms with Crippen LogP contribution in [0.5, 0.6) is 0 Å². The molecule has 4 heteroatoms. The van der Waals surface area contributed by atoms with E-state index in [1.54, 1.807) is 13.1 Å². The molecular weight excluding hydrogens is 228 g/mol. The van der Waals surface area contributed by atoms with Crippen molar-refractivity contribution in [2.24, 2.45) is 11.8 Å². The highest BCUT2D eigenvalue weighted by Crippen LogP contribution is 2.43. The zero-order valence-corrected chi connectivity index (χ0v) is 10.8. The number of carbonyl (C=O) groups is 1. The van der Waals surface area contributed by atoms with Crippen molar-refractivity contribution < 1.29 is 9.53 Å². The van der Waals surface area contributed by atoms with Gasteiger partial charge in [0.1, 0.15) is 0 Å². The zero-order valence-electron chi connectivity index (χ0n) is 10.8. The maximum absolute atomic E-state index is 12.0. The lowest BCUT2D eigenvalue weighted by Gasteiger charge is -2.36. The molecule has 1 heterocycles. The van der Waals surface area contributed by atoms with E-state index in [1.807, 2.05) is 6.92 Å². The number of esters is 1. The first kappa shape index (κ1) is 12.7. The average molecular weight is 246 g/mol. The number of dihydropyridines is 1. The number of allylic oxidation sites excluding steroid dienone is 2. The van der Waals surface area contributed by atoms with Crippen molar-refractivity contribution in [3.05, 3.63) is 23.0 Å². The van der Waals surface area contributed by atoms with Gasteiger partial charge in [-0.15, -0.1) is 0 Å². The van der Waals surface area contributed by atoms with Crippen molar-refractivity contribution in [3.63, 3.8) is 0 Å². The van der Waals surface area contributed by atoms with Crippen LogP contribution in [0, 0.1) is 23.2 Å². The van der Waals surface area contributed by atoms with Crippen molar-refractivity contribution in [3.8, 4) is 6.07 Å². The Labute approximate surface area is 107 Å². The summed E-state index contributed by atoms with van der Waals surface area (Å²) in [5.41, 5.74) is 2.14. The highest BCUT2D eigenvalue weighted by Gasteiger charge is 2.38. The first-order chi connectivity index (χ1) is 8.69. The Morgan fingerprint density at radius 2 is 2.33 bits per heavy atom. The van der Waals surface area contributed by atoms with E-state index < -0.39 is 0 Å². The second-order valence-electron chi connectivity index (χ2n) is 4.78. The molecule has 18 heavy (non-hydrogen) atoms. The Balaban J connectivity index is 2.29. The minimum absolute atomic E-state index is 0.0796. The fourth-order valence-corrected chi connectivity index (χ4v) is 2.56. The van der Waals surface area contributed by atoms with Gasteiger partial charge in [-0.2, -0.15) is 5.26 Å². The van der Waals surface area contributed by atoms with E-state index in [9.17, 15) is 10.1 Å². The zero-order chi connectivity index (χ0) is 13.1. The summed E-state index contributed by atoms with van der Waals surface area (Å²) < 4.78 is 5.08. The molecule has 1 saturated carbocycles. The van der Waals surface area contributed by atoms with Crippen molar-refractivity contribution in [2.75, 3.05) is 6.61 Å². The molecule has 96 valence electrons. The Morgan fingerprint density at radius 1 is 1.61 bits per heavy atom. The summed E-state index contributed by atoms with van der Waals surface area (Å²) in [6.45, 7) is 4.03. The molecule has 0 aromatic heterocycles. The van der Waals surface area contributed by atoms with Crippen LogP contribution >= 0.6 is 0 Å². The van der Waals surface area contributed by atoms with Crippen molar-refractivity contribution in [1.29, 1.82) is 5.26 Å². The largest absolute Gasteiger partial charge is 0.463 e. The second-order valence-corrected chi connectivity index (χ2v) is 4.78. The quantitative estimate of drug-likeness (QED) is 0.776. The number of carbonyl (C=O) groups excluding carboxylic acids is 1. The van der Waals surface area contributed by atoms with Crippen LogP contribution < -0.4 is 5.32 Å². The molecule has 1 aliphatic heterocycles. The molecule has 1 fully saturated rings. The summed E-state index contributed by atoms with van der Waals surface area (Å²) in [6, 6.07) is 2.25. The summed E-state index contributed by atoms with van der Waals surface area (Å²) in [6.07, 6.45) is 5.05. The highest BCUT2D eigenvalue weighted by atomic mass is 16.5. The van der Waals surface area contributed by atoms with Gasteiger partial charge < -0.3 is 10.1 Å². The van der Waals surface area contributed by atoms with Gasteiger partial charge in [0, 0.05) is 17.8 Å². The normalized spacial score (nSPS) is 23.6. The summed E-state index contributed by atoms with van der Waals surface area (Å²) in [5, 5.41) is 12.3. The highest BCUT2D eigenvalue weighted by molar-refractivity contribution is 5.90. The van der Waals surface area contributed by atoms with E-state index in [1.165, 1.54) is 6.42 Å². The van der Waals surface area contributed by atoms with E-state index in [-0.39, 0.29) is 11.9 Å². The van der Waals surface area contributed by atoms with Crippen LogP contribution in [-0.4, -0.2) is 12.6 Å². The molecule has 0 bridgehead atoms. The van der Waals surface area contributed by atoms with Crippen LogP contribution in [0.2, 0.25) is 0 Å². The fraction of sp³-hybridized carbons (Fsp3) is 0.571. The van der Waals surface area contributed by atoms with Crippen LogP contribution in [0.25, 0.3) is 0 Å². The Hall–Kier alpha value is -1.76. The maximum atomic E-state index is 12.0. The van der Waals surface area contributed by atoms with Gasteiger partial charge in [-0.3, -0.25) is 0 Å². The van der Waals surface area contributed by atoms with Crippen LogP contribution in [0.1, 0.15) is 33.1 Å². The monoisotopic (exact) mass is 246 g/mol. The molecule has 0 radical (unpaired) electrons. The molecule has 4 nitrogen and oxygen atoms in total. The van der Waals surface area contributed by atoms with E-state index in [0.29, 0.717) is 23.7 Å². The first-order valence-corrected chi connectivity index (χ1v) is 6.43. The van der Waals surface area contributed by atoms with Crippen LogP contribution in [0.4, 0.5) is 0 Å². The summed E-state index contributed by atoms with van der Waals surface area (Å²) >= 11 is 0. The predicted octanol–water partition coefficient (Wildman–Crippen LogP) is 2.25. The Morgan fingerprint density at radius 3 is 2.83 bits per heavy atom. The van der Waals surface area contributed by atoms with Crippen molar-refractivity contribution in [1.82, 2.24) is 5.32 Å². The summed E-state index contributed by atoms with van der Waals surface area (Å²) in [4.78, 5) is 12.0. The van der Waals surface area contributed by atoms with Crippen molar-refractivity contribution >= 4 is 5.97 Å². The first-order valence-electron chi connectivity index (χ1n) is 6.43. The summed E-state index contributed by atoms with van der Waals surface area (Å²) in [5.74, 6) is 0.0264. The smallest absolute Gasteiger partial charge is 0.336 e. The molecule has 2 rings (SSSR count). The third-order valence-electron chi connectivity index (χ3n) is 3.75. The van der Waals surface area contributed by atoms with Crippen LogP contribution in [-0.2, 0) is 9.53 Å². The number of hydrogen-bond donors (Lipinski definition) is 1. The third-order valence-corrected chi connectivity index (χ3v) is 3.75. The van der Waals surface area contributed by atoms with Gasteiger partial charge in [0.15, 0.2) is 0 Å². The predicted molar refractivity (Wildman–Crippen MR) is 67.0 cm³/mol. The SMILES string of the molecule is CCOC(=O)C1=CNC(C)=C(C#N)[C@H]1C1CCC1. The molecule has 2 aliphatic rings. The van der Waals surface area contributed by atoms with Gasteiger partial charge in [-0.25, -0.2) is 4.79 Å². The molecule has 1 N–H and O–H groups in total. The average Bonchev–Trinajstić information content (AvgIpc) is 2.27. The van der Waals surface area contributed by atoms with Gasteiger partial charge in [-0.05, 0) is 32.6 Å². The summed E-state index contributed by atoms with van der Waals surface area (Å²) in [7, 11) is 0. The van der Waals surface area contributed by atoms with E-state index in [0.717, 1.165) is 18.5 Å². The standard InChI is InChI=1S/C14H18N2O2/c1-3-18-14(17)12-8-16-9(2)11(7-15)13(12)10-5-4-6-10/h8,10,13,16H,3-6H2,1-2H3/t13-/m1/s1. The second kappa shape index (κ2) is 5.26. The van der Waals surface area contributed by atoms with Gasteiger partial charge in [-0.1, -0.05) is 6.42 Å². The molecule has 0 spiro atoms. The number of nitrogens with one attached hydrogen (secondary N) is 1. The maximum Gasteiger partial charge on any atom is 0.336 e. The van der Waals surface area contributed by atoms with E-state index in [2.05, 4.69) is 11.4 Å². The molecule has 0 aromatic carbocycles. The minimum atomic E-state index is -0.304. The van der Waals surface area contributed by atoms with Gasteiger partial charge >= 0.3 is 5.97 Å². The molecule has 0 amide bonds. The molecule has 1 aliphatic carbocycles. The number of rotatable bonds is 3. The lowest BCUT2D eigenvalue weighted by molar-refractivity contribution is -0.139. The lowest BCUT2D eigenvalue weighted by atomic mass is 9.69. The Bertz CT molecular complexity index is 453. The number of nitriles is 1. The lowest BCUT2D eigenvalue weighted by Crippen LogP contribution is -2.33. The van der Waals surface area contributed by atoms with E-state index >= 15 is 0 Å². The van der Waals surface area contributed by atoms with Crippen molar-refractivity contribution in [2.45, 2.75) is 33.1 Å². The topological polar surface area (TPSA) is 62.1 Å². The molecule has 0 unspecified atom stereocenters. The van der Waals surface area contributed by atoms with Crippen LogP contribution in [0.15, 0.2) is 23.0 Å². The number of ether oxygens (including phenoxy) is 1. The van der Waals surface area contributed by atoms with Gasteiger partial charge in [0.25, 0.3) is 0 Å². The van der Waals surface area contributed by atoms with Crippen LogP contribution in [0.3, 0.4) is 0 Å². The third kappa shape index (κ3) is 2.13. The molecule has 0 aromatic rings. The molecule has 0 saturated heterocycles. The Kier molecular flexibility index (Phi) is 3.71. The van der Waals surface area contributed by atoms with E-state index in [4.69, 9.17) is 4.74 Å². The minimum Gasteiger partial charge on any atom is -0.463 e. The fourth-order valence-electron chi connectivity index (χ4n) is 2.56. The van der Waals surface area contributed by atoms with Gasteiger partial charge in [0.05, 0.1) is 23.8 Å². The van der Waals surface area contributed by atoms with Gasteiger partial charge in [0.2, 0.25) is 0 Å². The number of nitrogens with zero attached hydrogens (tertiary/aromatic N) is 1. The molecular formula is C14H18N2O2.